The Morgan fingerprint density at radius 3 is 3.00 bits per heavy atom. The Hall–Kier alpha value is -1.84. The highest BCUT2D eigenvalue weighted by molar-refractivity contribution is 5.79. The van der Waals surface area contributed by atoms with Crippen LogP contribution in [0, 0.1) is 5.41 Å². The number of imidazole rings is 1. The first-order valence-corrected chi connectivity index (χ1v) is 4.99. The van der Waals surface area contributed by atoms with E-state index in [0.29, 0.717) is 6.42 Å². The van der Waals surface area contributed by atoms with E-state index in [9.17, 15) is 0 Å². The van der Waals surface area contributed by atoms with Crippen LogP contribution in [0.1, 0.15) is 18.4 Å². The number of fused-ring (bicyclic) bond motifs is 1. The highest BCUT2D eigenvalue weighted by atomic mass is 15.0. The Labute approximate surface area is 88.3 Å². The van der Waals surface area contributed by atoms with Crippen LogP contribution in [0.25, 0.3) is 5.52 Å². The second-order valence-corrected chi connectivity index (χ2v) is 3.51. The molecule has 0 spiro atoms. The lowest BCUT2D eigenvalue weighted by molar-refractivity contribution is 0.896. The molecule has 0 bridgehead atoms. The topological polar surface area (TPSA) is 67.2 Å². The zero-order valence-corrected chi connectivity index (χ0v) is 8.70. The molecule has 2 aromatic rings. The van der Waals surface area contributed by atoms with Crippen LogP contribution < -0.4 is 5.73 Å². The predicted octanol–water partition coefficient (Wildman–Crippen LogP) is 1.38. The second kappa shape index (κ2) is 3.73. The third-order valence-electron chi connectivity index (χ3n) is 2.39. The summed E-state index contributed by atoms with van der Waals surface area (Å²) in [5.74, 6) is 1.19. The minimum absolute atomic E-state index is 0.179. The van der Waals surface area contributed by atoms with Crippen LogP contribution in [0.3, 0.4) is 0 Å². The number of amidine groups is 1. The molecule has 0 aromatic carbocycles. The van der Waals surface area contributed by atoms with Crippen molar-refractivity contribution in [3.63, 3.8) is 0 Å². The lowest BCUT2D eigenvalue weighted by Crippen LogP contribution is -2.15. The van der Waals surface area contributed by atoms with E-state index in [0.717, 1.165) is 23.5 Å². The minimum Gasteiger partial charge on any atom is -0.387 e. The molecule has 0 unspecified atom stereocenters. The Bertz CT molecular complexity index is 498. The van der Waals surface area contributed by atoms with Crippen LogP contribution >= 0.6 is 0 Å². The van der Waals surface area contributed by atoms with Gasteiger partial charge in [0.15, 0.2) is 0 Å². The highest BCUT2D eigenvalue weighted by Gasteiger charge is 2.06. The summed E-state index contributed by atoms with van der Waals surface area (Å²) in [6.45, 7) is 2.07. The van der Waals surface area contributed by atoms with E-state index < -0.39 is 0 Å². The molecule has 0 fully saturated rings. The molecule has 4 heteroatoms. The van der Waals surface area contributed by atoms with Gasteiger partial charge in [-0.1, -0.05) is 13.0 Å². The zero-order chi connectivity index (χ0) is 10.8. The Balaban J connectivity index is 2.61. The van der Waals surface area contributed by atoms with Gasteiger partial charge in [-0.05, 0) is 12.1 Å². The fourth-order valence-corrected chi connectivity index (χ4v) is 1.77. The molecule has 15 heavy (non-hydrogen) atoms. The molecular weight excluding hydrogens is 188 g/mol. The lowest BCUT2D eigenvalue weighted by atomic mass is 10.2. The molecule has 78 valence electrons. The molecule has 0 saturated carbocycles. The van der Waals surface area contributed by atoms with E-state index in [1.807, 2.05) is 24.4 Å². The summed E-state index contributed by atoms with van der Waals surface area (Å²) in [6.07, 6.45) is 3.20. The van der Waals surface area contributed by atoms with Crippen molar-refractivity contribution in [2.24, 2.45) is 5.73 Å². The minimum atomic E-state index is 0.179. The van der Waals surface area contributed by atoms with Crippen molar-refractivity contribution in [3.05, 3.63) is 35.9 Å². The van der Waals surface area contributed by atoms with Crippen molar-refractivity contribution in [1.29, 1.82) is 5.41 Å². The Morgan fingerprint density at radius 1 is 1.53 bits per heavy atom. The first-order valence-electron chi connectivity index (χ1n) is 4.99. The lowest BCUT2D eigenvalue weighted by Gasteiger charge is -2.06. The molecule has 0 saturated heterocycles. The van der Waals surface area contributed by atoms with Crippen molar-refractivity contribution in [3.8, 4) is 0 Å². The summed E-state index contributed by atoms with van der Waals surface area (Å²) in [4.78, 5) is 4.33. The Morgan fingerprint density at radius 2 is 2.33 bits per heavy atom. The Kier molecular flexibility index (Phi) is 2.41. The van der Waals surface area contributed by atoms with Crippen molar-refractivity contribution in [2.75, 3.05) is 0 Å². The summed E-state index contributed by atoms with van der Waals surface area (Å²) in [6, 6.07) is 5.96. The number of nitrogens with zero attached hydrogens (tertiary/aromatic N) is 2. The molecule has 2 heterocycles. The summed E-state index contributed by atoms with van der Waals surface area (Å²) in [7, 11) is 0. The van der Waals surface area contributed by atoms with Crippen LogP contribution in [0.5, 0.6) is 0 Å². The molecule has 0 radical (unpaired) electrons. The maximum absolute atomic E-state index is 7.33. The molecule has 4 nitrogen and oxygen atoms in total. The van der Waals surface area contributed by atoms with Crippen LogP contribution in [-0.2, 0) is 12.8 Å². The van der Waals surface area contributed by atoms with Gasteiger partial charge in [0.1, 0.15) is 5.82 Å². The van der Waals surface area contributed by atoms with E-state index in [2.05, 4.69) is 16.3 Å². The number of hydrogen-bond acceptors (Lipinski definition) is 2. The summed E-state index contributed by atoms with van der Waals surface area (Å²) in [5.41, 5.74) is 7.51. The molecular formula is C11H14N4. The van der Waals surface area contributed by atoms with E-state index in [4.69, 9.17) is 11.1 Å². The monoisotopic (exact) mass is 202 g/mol. The highest BCUT2D eigenvalue weighted by Crippen LogP contribution is 2.11. The standard InChI is InChI=1S/C11H14N4/c1-2-11-14-7-9-5-3-4-8(15(9)11)6-10(12)13/h3-5,7H,2,6H2,1H3,(H3,12,13). The number of aromatic nitrogens is 2. The maximum atomic E-state index is 7.33. The SMILES string of the molecule is CCc1ncc2cccc(CC(=N)N)n12. The van der Waals surface area contributed by atoms with Gasteiger partial charge >= 0.3 is 0 Å². The van der Waals surface area contributed by atoms with E-state index >= 15 is 0 Å². The van der Waals surface area contributed by atoms with Gasteiger partial charge in [0.2, 0.25) is 0 Å². The molecule has 0 atom stereocenters. The number of pyridine rings is 1. The summed E-state index contributed by atoms with van der Waals surface area (Å²) >= 11 is 0. The quantitative estimate of drug-likeness (QED) is 0.583. The normalized spacial score (nSPS) is 10.7. The van der Waals surface area contributed by atoms with Crippen molar-refractivity contribution in [1.82, 2.24) is 9.38 Å². The van der Waals surface area contributed by atoms with Crippen LogP contribution in [0.2, 0.25) is 0 Å². The predicted molar refractivity (Wildman–Crippen MR) is 60.2 cm³/mol. The second-order valence-electron chi connectivity index (χ2n) is 3.51. The molecule has 0 aliphatic heterocycles. The van der Waals surface area contributed by atoms with E-state index in [-0.39, 0.29) is 5.84 Å². The van der Waals surface area contributed by atoms with Crippen molar-refractivity contribution in [2.45, 2.75) is 19.8 Å². The van der Waals surface area contributed by atoms with Crippen LogP contribution in [-0.4, -0.2) is 15.2 Å². The number of aryl methyl sites for hydroxylation is 1. The molecule has 0 aliphatic carbocycles. The molecule has 0 amide bonds. The number of rotatable bonds is 3. The van der Waals surface area contributed by atoms with Crippen LogP contribution in [0.15, 0.2) is 24.4 Å². The number of nitrogens with two attached hydrogens (primary N) is 1. The van der Waals surface area contributed by atoms with Gasteiger partial charge in [-0.15, -0.1) is 0 Å². The van der Waals surface area contributed by atoms with Gasteiger partial charge < -0.3 is 10.1 Å². The third-order valence-corrected chi connectivity index (χ3v) is 2.39. The molecule has 2 aromatic heterocycles. The first-order chi connectivity index (χ1) is 7.22. The largest absolute Gasteiger partial charge is 0.387 e. The average Bonchev–Trinajstić information content (AvgIpc) is 2.61. The first kappa shape index (κ1) is 9.71. The van der Waals surface area contributed by atoms with Crippen LogP contribution in [0.4, 0.5) is 0 Å². The van der Waals surface area contributed by atoms with Gasteiger partial charge in [-0.2, -0.15) is 0 Å². The van der Waals surface area contributed by atoms with Crippen molar-refractivity contribution >= 4 is 11.4 Å². The smallest absolute Gasteiger partial charge is 0.113 e. The number of hydrogen-bond donors (Lipinski definition) is 2. The average molecular weight is 202 g/mol. The maximum Gasteiger partial charge on any atom is 0.113 e. The van der Waals surface area contributed by atoms with Gasteiger partial charge in [0.25, 0.3) is 0 Å². The van der Waals surface area contributed by atoms with Gasteiger partial charge in [0, 0.05) is 18.5 Å². The number of nitrogens with one attached hydrogen (secondary N) is 1. The van der Waals surface area contributed by atoms with E-state index in [1.165, 1.54) is 0 Å². The zero-order valence-electron chi connectivity index (χ0n) is 8.70. The van der Waals surface area contributed by atoms with Gasteiger partial charge in [-0.25, -0.2) is 4.98 Å². The fourth-order valence-electron chi connectivity index (χ4n) is 1.77. The summed E-state index contributed by atoms with van der Waals surface area (Å²) < 4.78 is 2.07. The fraction of sp³-hybridized carbons (Fsp3) is 0.273. The van der Waals surface area contributed by atoms with E-state index in [1.54, 1.807) is 0 Å². The summed E-state index contributed by atoms with van der Waals surface area (Å²) in [5, 5.41) is 7.33. The molecule has 2 rings (SSSR count). The van der Waals surface area contributed by atoms with Gasteiger partial charge in [0.05, 0.1) is 17.5 Å². The molecule has 3 N–H and O–H groups in total. The third kappa shape index (κ3) is 1.70. The van der Waals surface area contributed by atoms with Crippen molar-refractivity contribution < 1.29 is 0 Å². The molecule has 0 aliphatic rings. The van der Waals surface area contributed by atoms with Gasteiger partial charge in [-0.3, -0.25) is 5.41 Å².